The number of anilines is 1. The summed E-state index contributed by atoms with van der Waals surface area (Å²) in [6.45, 7) is 10.7. The number of ether oxygens (including phenoxy) is 3. The molecule has 6 atom stereocenters. The number of rotatable bonds is 14. The van der Waals surface area contributed by atoms with E-state index in [-0.39, 0.29) is 22.7 Å². The van der Waals surface area contributed by atoms with Gasteiger partial charge >= 0.3 is 0 Å². The molecule has 2 aromatic rings. The van der Waals surface area contributed by atoms with Crippen LogP contribution in [0.2, 0.25) is 5.02 Å². The summed E-state index contributed by atoms with van der Waals surface area (Å²) < 4.78 is 33.0. The van der Waals surface area contributed by atoms with Gasteiger partial charge in [-0.3, -0.25) is 9.52 Å². The third-order valence-electron chi connectivity index (χ3n) is 9.20. The van der Waals surface area contributed by atoms with Crippen molar-refractivity contribution >= 4 is 34.2 Å². The average Bonchev–Trinajstić information content (AvgIpc) is 3.17. The zero-order valence-corrected chi connectivity index (χ0v) is 28.6. The average molecular weight is 645 g/mol. The van der Waals surface area contributed by atoms with Gasteiger partial charge < -0.3 is 19.1 Å². The van der Waals surface area contributed by atoms with Crippen molar-refractivity contribution in [1.29, 1.82) is 0 Å². The van der Waals surface area contributed by atoms with Crippen LogP contribution < -0.4 is 14.4 Å². The van der Waals surface area contributed by atoms with Crippen molar-refractivity contribution in [2.75, 3.05) is 45.4 Å². The van der Waals surface area contributed by atoms with Crippen LogP contribution in [-0.2, 0) is 26.9 Å². The molecule has 0 aromatic heterocycles. The van der Waals surface area contributed by atoms with E-state index < -0.39 is 11.0 Å². The molecule has 9 heteroatoms. The second kappa shape index (κ2) is 15.7. The topological polar surface area (TPSA) is 77.1 Å². The number of allylic oxidation sites excluding steroid dienone is 1. The largest absolute Gasteiger partial charge is 0.491 e. The summed E-state index contributed by atoms with van der Waals surface area (Å²) in [4.78, 5) is 15.6. The number of amides is 1. The Morgan fingerprint density at radius 1 is 1.23 bits per heavy atom. The van der Waals surface area contributed by atoms with E-state index in [9.17, 15) is 9.00 Å². The van der Waals surface area contributed by atoms with Gasteiger partial charge in [-0.05, 0) is 92.8 Å². The maximum absolute atomic E-state index is 13.2. The highest BCUT2D eigenvalue weighted by atomic mass is 35.5. The Kier molecular flexibility index (Phi) is 12.3. The zero-order chi connectivity index (χ0) is 31.9. The summed E-state index contributed by atoms with van der Waals surface area (Å²) in [5.74, 6) is 1.28. The van der Waals surface area contributed by atoms with E-state index in [1.807, 2.05) is 18.2 Å². The van der Waals surface area contributed by atoms with E-state index in [0.717, 1.165) is 61.7 Å². The van der Waals surface area contributed by atoms with Crippen LogP contribution in [-0.4, -0.2) is 61.5 Å². The molecule has 4 rings (SSSR count). The van der Waals surface area contributed by atoms with Crippen LogP contribution in [0.4, 0.5) is 5.69 Å². The van der Waals surface area contributed by atoms with Crippen molar-refractivity contribution in [3.05, 3.63) is 70.3 Å². The number of nitrogens with zero attached hydrogens (tertiary/aromatic N) is 1. The lowest BCUT2D eigenvalue weighted by Crippen LogP contribution is -2.49. The van der Waals surface area contributed by atoms with Crippen molar-refractivity contribution < 1.29 is 23.2 Å². The van der Waals surface area contributed by atoms with E-state index in [0.29, 0.717) is 30.6 Å². The highest BCUT2D eigenvalue weighted by Crippen LogP contribution is 2.46. The van der Waals surface area contributed by atoms with Gasteiger partial charge in [0.2, 0.25) is 0 Å². The predicted octanol–water partition coefficient (Wildman–Crippen LogP) is 7.10. The minimum atomic E-state index is -1.57. The molecule has 1 fully saturated rings. The van der Waals surface area contributed by atoms with Crippen molar-refractivity contribution in [2.45, 2.75) is 76.6 Å². The lowest BCUT2D eigenvalue weighted by molar-refractivity contribution is -0.0620. The van der Waals surface area contributed by atoms with Crippen LogP contribution in [0.5, 0.6) is 5.75 Å². The number of methoxy groups -OCH3 is 2. The third-order valence-corrected chi connectivity index (χ3v) is 10.7. The van der Waals surface area contributed by atoms with Crippen LogP contribution in [0.15, 0.2) is 48.6 Å². The van der Waals surface area contributed by atoms with E-state index in [4.69, 9.17) is 25.8 Å². The fraction of sp³-hybridized carbons (Fsp3) is 0.571. The van der Waals surface area contributed by atoms with Crippen LogP contribution in [0.3, 0.4) is 0 Å². The van der Waals surface area contributed by atoms with Crippen molar-refractivity contribution in [1.82, 2.24) is 4.72 Å². The number of hydrogen-bond acceptors (Lipinski definition) is 6. The van der Waals surface area contributed by atoms with Crippen LogP contribution >= 0.6 is 11.6 Å². The third kappa shape index (κ3) is 8.06. The second-order valence-corrected chi connectivity index (χ2v) is 14.4. The van der Waals surface area contributed by atoms with Gasteiger partial charge in [-0.15, -0.1) is 0 Å². The monoisotopic (exact) mass is 644 g/mol. The summed E-state index contributed by atoms with van der Waals surface area (Å²) in [7, 11) is 1.79. The Labute approximate surface area is 271 Å². The first-order chi connectivity index (χ1) is 21.1. The lowest BCUT2D eigenvalue weighted by Gasteiger charge is -2.48. The molecule has 1 aliphatic carbocycles. The van der Waals surface area contributed by atoms with Crippen molar-refractivity contribution in [3.63, 3.8) is 0 Å². The fourth-order valence-corrected chi connectivity index (χ4v) is 7.48. The van der Waals surface area contributed by atoms with Gasteiger partial charge in [-0.25, -0.2) is 4.21 Å². The zero-order valence-electron chi connectivity index (χ0n) is 27.1. The first kappa shape index (κ1) is 34.5. The minimum Gasteiger partial charge on any atom is -0.491 e. The smallest absolute Gasteiger partial charge is 0.263 e. The molecule has 1 aliphatic heterocycles. The summed E-state index contributed by atoms with van der Waals surface area (Å²) in [6, 6.07) is 11.7. The predicted molar refractivity (Wildman–Crippen MR) is 180 cm³/mol. The Morgan fingerprint density at radius 3 is 2.68 bits per heavy atom. The molecule has 2 aliphatic rings. The first-order valence-corrected chi connectivity index (χ1v) is 17.5. The van der Waals surface area contributed by atoms with Gasteiger partial charge in [0.15, 0.2) is 0 Å². The second-order valence-electron chi connectivity index (χ2n) is 12.3. The quantitative estimate of drug-likeness (QED) is 0.221. The molecule has 2 aromatic carbocycles. The summed E-state index contributed by atoms with van der Waals surface area (Å²) in [5.41, 5.74) is 3.51. The Balaban J connectivity index is 1.68. The fourth-order valence-electron chi connectivity index (χ4n) is 6.52. The Hall–Kier alpha value is -2.39. The van der Waals surface area contributed by atoms with E-state index in [2.05, 4.69) is 54.7 Å². The Bertz CT molecular complexity index is 1340. The standard InChI is InChI=1S/C35H49ClN2O5S/c1-7-9-17-35(4,42-6)31-15-11-27(31)20-38-21-28(30-14-13-29(36)18-25(30)10-8-2)23-43-33-16-12-26(19-32(33)38)34(39)37-44(40)24(3)22-41-5/h9,12-14,16-19,24,27-28,31H,7-8,10-11,15,20-23H2,1-6H3,(H,37,39)/b17-9+/t24?,27?,28?,31?,35-,44?/m0/s1. The van der Waals surface area contributed by atoms with Crippen LogP contribution in [0.25, 0.3) is 0 Å². The SMILES string of the molecule is CC/C=C/[C@](C)(OC)C1CCC1CN1CC(c2ccc(Cl)cc2CCC)COc2ccc(C(=O)NS(=O)C(C)COC)cc21. The van der Waals surface area contributed by atoms with Gasteiger partial charge in [0.25, 0.3) is 5.91 Å². The molecular weight excluding hydrogens is 596 g/mol. The number of hydrogen-bond donors (Lipinski definition) is 1. The molecule has 1 heterocycles. The maximum atomic E-state index is 13.2. The summed E-state index contributed by atoms with van der Waals surface area (Å²) in [6.07, 6.45) is 9.58. The molecule has 0 saturated heterocycles. The lowest BCUT2D eigenvalue weighted by atomic mass is 9.64. The van der Waals surface area contributed by atoms with Gasteiger partial charge in [-0.2, -0.15) is 0 Å². The number of fused-ring (bicyclic) bond motifs is 1. The van der Waals surface area contributed by atoms with Crippen molar-refractivity contribution in [2.24, 2.45) is 11.8 Å². The van der Waals surface area contributed by atoms with Gasteiger partial charge in [0.05, 0.1) is 29.8 Å². The summed E-state index contributed by atoms with van der Waals surface area (Å²) in [5, 5.41) is 0.422. The number of nitrogens with one attached hydrogen (secondary N) is 1. The molecule has 7 nitrogen and oxygen atoms in total. The molecule has 0 radical (unpaired) electrons. The highest BCUT2D eigenvalue weighted by molar-refractivity contribution is 7.84. The van der Waals surface area contributed by atoms with Gasteiger partial charge in [-0.1, -0.05) is 50.1 Å². The molecule has 0 bridgehead atoms. The number of carbonyl (C=O) groups excluding carboxylic acids is 1. The summed E-state index contributed by atoms with van der Waals surface area (Å²) >= 11 is 6.42. The molecule has 44 heavy (non-hydrogen) atoms. The maximum Gasteiger partial charge on any atom is 0.263 e. The van der Waals surface area contributed by atoms with Crippen LogP contribution in [0, 0.1) is 11.8 Å². The first-order valence-electron chi connectivity index (χ1n) is 15.9. The number of aryl methyl sites for hydroxylation is 1. The molecular formula is C35H49ClN2O5S. The van der Waals surface area contributed by atoms with E-state index in [1.54, 1.807) is 27.2 Å². The van der Waals surface area contributed by atoms with Crippen LogP contribution in [0.1, 0.15) is 80.8 Å². The molecule has 0 spiro atoms. The van der Waals surface area contributed by atoms with Gasteiger partial charge in [0, 0.05) is 43.8 Å². The minimum absolute atomic E-state index is 0.119. The molecule has 242 valence electrons. The Morgan fingerprint density at radius 2 is 2.02 bits per heavy atom. The number of carbonyl (C=O) groups is 1. The molecule has 1 N–H and O–H groups in total. The molecule has 5 unspecified atom stereocenters. The van der Waals surface area contributed by atoms with E-state index in [1.165, 1.54) is 11.1 Å². The van der Waals surface area contributed by atoms with Gasteiger partial charge in [0.1, 0.15) is 16.7 Å². The number of halogens is 1. The van der Waals surface area contributed by atoms with Crippen molar-refractivity contribution in [3.8, 4) is 5.75 Å². The normalized spacial score (nSPS) is 22.7. The highest BCUT2D eigenvalue weighted by Gasteiger charge is 2.44. The molecule has 1 saturated carbocycles. The van der Waals surface area contributed by atoms with E-state index >= 15 is 0 Å². The number of benzene rings is 2. The molecule has 1 amide bonds.